The highest BCUT2D eigenvalue weighted by Crippen LogP contribution is 2.14. The summed E-state index contributed by atoms with van der Waals surface area (Å²) in [7, 11) is 1.61. The summed E-state index contributed by atoms with van der Waals surface area (Å²) in [5.41, 5.74) is 0.914. The Balaban J connectivity index is 1.90. The quantitative estimate of drug-likeness (QED) is 0.764. The Morgan fingerprint density at radius 1 is 1.50 bits per heavy atom. The van der Waals surface area contributed by atoms with Crippen molar-refractivity contribution in [3.8, 4) is 5.75 Å². The number of ether oxygens (including phenoxy) is 3. The lowest BCUT2D eigenvalue weighted by Crippen LogP contribution is -2.50. The van der Waals surface area contributed by atoms with Gasteiger partial charge >= 0.3 is 5.97 Å². The Morgan fingerprint density at radius 2 is 2.35 bits per heavy atom. The molecule has 1 heterocycles. The number of hydrogen-bond donors (Lipinski definition) is 0. The van der Waals surface area contributed by atoms with E-state index in [1.165, 1.54) is 0 Å². The predicted octanol–water partition coefficient (Wildman–Crippen LogP) is 1.46. The van der Waals surface area contributed by atoms with Crippen molar-refractivity contribution in [1.82, 2.24) is 4.90 Å². The maximum Gasteiger partial charge on any atom is 0.326 e. The number of carbonyl (C=O) groups excluding carboxylic acids is 1. The molecule has 0 spiro atoms. The van der Waals surface area contributed by atoms with Crippen molar-refractivity contribution >= 4 is 5.97 Å². The van der Waals surface area contributed by atoms with E-state index in [-0.39, 0.29) is 18.6 Å². The van der Waals surface area contributed by atoms with Crippen LogP contribution in [0.2, 0.25) is 0 Å². The van der Waals surface area contributed by atoms with E-state index in [0.29, 0.717) is 13.2 Å². The third-order valence-corrected chi connectivity index (χ3v) is 3.43. The fourth-order valence-corrected chi connectivity index (χ4v) is 2.25. The highest BCUT2D eigenvalue weighted by molar-refractivity contribution is 5.76. The Bertz CT molecular complexity index is 449. The van der Waals surface area contributed by atoms with E-state index in [0.717, 1.165) is 24.4 Å². The molecule has 1 aromatic carbocycles. The van der Waals surface area contributed by atoms with Gasteiger partial charge in [-0.15, -0.1) is 0 Å². The summed E-state index contributed by atoms with van der Waals surface area (Å²) in [6.45, 7) is 4.97. The predicted molar refractivity (Wildman–Crippen MR) is 74.6 cm³/mol. The molecule has 20 heavy (non-hydrogen) atoms. The molecule has 1 saturated heterocycles. The number of methoxy groups -OCH3 is 1. The third-order valence-electron chi connectivity index (χ3n) is 3.43. The average Bonchev–Trinajstić information content (AvgIpc) is 2.52. The molecule has 1 aromatic rings. The van der Waals surface area contributed by atoms with Crippen molar-refractivity contribution in [3.05, 3.63) is 29.8 Å². The first-order valence-corrected chi connectivity index (χ1v) is 6.86. The minimum absolute atomic E-state index is 0.227. The van der Waals surface area contributed by atoms with Crippen LogP contribution in [0.25, 0.3) is 0 Å². The molecule has 5 nitrogen and oxygen atoms in total. The number of carbonyl (C=O) groups is 1. The minimum Gasteiger partial charge on any atom is -0.497 e. The summed E-state index contributed by atoms with van der Waals surface area (Å²) in [5.74, 6) is 0.532. The molecule has 0 radical (unpaired) electrons. The summed E-state index contributed by atoms with van der Waals surface area (Å²) in [6.07, 6.45) is 0. The molecule has 1 atom stereocenters. The molecule has 0 aliphatic carbocycles. The van der Waals surface area contributed by atoms with Gasteiger partial charge in [0.2, 0.25) is 0 Å². The lowest BCUT2D eigenvalue weighted by atomic mass is 10.2. The molecule has 110 valence electrons. The van der Waals surface area contributed by atoms with E-state index < -0.39 is 0 Å². The number of hydrogen-bond acceptors (Lipinski definition) is 5. The molecule has 1 aliphatic heterocycles. The maximum absolute atomic E-state index is 12.1. The Kier molecular flexibility index (Phi) is 5.38. The largest absolute Gasteiger partial charge is 0.497 e. The van der Waals surface area contributed by atoms with E-state index in [9.17, 15) is 4.79 Å². The molecule has 5 heteroatoms. The molecule has 0 N–H and O–H groups in total. The first-order chi connectivity index (χ1) is 9.74. The second kappa shape index (κ2) is 7.26. The first-order valence-electron chi connectivity index (χ1n) is 6.86. The van der Waals surface area contributed by atoms with Gasteiger partial charge in [-0.05, 0) is 24.2 Å². The van der Waals surface area contributed by atoms with Crippen LogP contribution in [0.5, 0.6) is 5.75 Å². The third kappa shape index (κ3) is 3.71. The van der Waals surface area contributed by atoms with Crippen LogP contribution in [-0.2, 0) is 20.9 Å². The van der Waals surface area contributed by atoms with Gasteiger partial charge in [0.15, 0.2) is 0 Å². The molecule has 0 amide bonds. The normalized spacial score (nSPS) is 19.6. The molecule has 0 bridgehead atoms. The average molecular weight is 279 g/mol. The van der Waals surface area contributed by atoms with Crippen molar-refractivity contribution in [2.75, 3.05) is 33.4 Å². The van der Waals surface area contributed by atoms with Gasteiger partial charge < -0.3 is 14.2 Å². The van der Waals surface area contributed by atoms with E-state index in [4.69, 9.17) is 14.2 Å². The van der Waals surface area contributed by atoms with Crippen LogP contribution in [0.4, 0.5) is 0 Å². The number of rotatable bonds is 5. The van der Waals surface area contributed by atoms with Crippen LogP contribution in [-0.4, -0.2) is 50.3 Å². The fourth-order valence-electron chi connectivity index (χ4n) is 2.25. The van der Waals surface area contributed by atoms with E-state index in [2.05, 4.69) is 4.90 Å². The lowest BCUT2D eigenvalue weighted by molar-refractivity contribution is -0.157. The Labute approximate surface area is 119 Å². The second-order valence-corrected chi connectivity index (χ2v) is 4.68. The summed E-state index contributed by atoms with van der Waals surface area (Å²) in [5, 5.41) is 0. The van der Waals surface area contributed by atoms with Gasteiger partial charge in [-0.25, -0.2) is 0 Å². The molecular weight excluding hydrogens is 258 g/mol. The van der Waals surface area contributed by atoms with Gasteiger partial charge in [0.1, 0.15) is 18.4 Å². The standard InChI is InChI=1S/C15H21NO4/c1-3-16-7-8-19-11-14(16)15(17)20-10-12-5-4-6-13(9-12)18-2/h4-6,9,14H,3,7-8,10-11H2,1-2H3. The number of morpholine rings is 1. The monoisotopic (exact) mass is 279 g/mol. The molecule has 0 saturated carbocycles. The van der Waals surface area contributed by atoms with Gasteiger partial charge in [-0.3, -0.25) is 9.69 Å². The lowest BCUT2D eigenvalue weighted by Gasteiger charge is -2.32. The summed E-state index contributed by atoms with van der Waals surface area (Å²) in [6, 6.07) is 7.22. The molecule has 2 rings (SSSR count). The Morgan fingerprint density at radius 3 is 3.10 bits per heavy atom. The second-order valence-electron chi connectivity index (χ2n) is 4.68. The molecule has 1 aliphatic rings. The topological polar surface area (TPSA) is 48.0 Å². The van der Waals surface area contributed by atoms with E-state index >= 15 is 0 Å². The van der Waals surface area contributed by atoms with Gasteiger partial charge in [0, 0.05) is 6.54 Å². The number of esters is 1. The van der Waals surface area contributed by atoms with Crippen molar-refractivity contribution in [2.24, 2.45) is 0 Å². The SMILES string of the molecule is CCN1CCOCC1C(=O)OCc1cccc(OC)c1. The fraction of sp³-hybridized carbons (Fsp3) is 0.533. The maximum atomic E-state index is 12.1. The summed E-state index contributed by atoms with van der Waals surface area (Å²) >= 11 is 0. The highest BCUT2D eigenvalue weighted by Gasteiger charge is 2.29. The number of nitrogens with zero attached hydrogens (tertiary/aromatic N) is 1. The smallest absolute Gasteiger partial charge is 0.326 e. The minimum atomic E-state index is -0.292. The van der Waals surface area contributed by atoms with Crippen molar-refractivity contribution < 1.29 is 19.0 Å². The summed E-state index contributed by atoms with van der Waals surface area (Å²) < 4.78 is 15.9. The summed E-state index contributed by atoms with van der Waals surface area (Å²) in [4.78, 5) is 14.2. The number of benzene rings is 1. The van der Waals surface area contributed by atoms with Crippen molar-refractivity contribution in [2.45, 2.75) is 19.6 Å². The van der Waals surface area contributed by atoms with Crippen LogP contribution < -0.4 is 4.74 Å². The number of likely N-dealkylation sites (N-methyl/N-ethyl adjacent to an activating group) is 1. The van der Waals surface area contributed by atoms with Gasteiger partial charge in [-0.1, -0.05) is 19.1 Å². The van der Waals surface area contributed by atoms with E-state index in [1.807, 2.05) is 31.2 Å². The van der Waals surface area contributed by atoms with Crippen molar-refractivity contribution in [1.29, 1.82) is 0 Å². The molecular formula is C15H21NO4. The zero-order valence-electron chi connectivity index (χ0n) is 12.0. The van der Waals surface area contributed by atoms with Crippen LogP contribution in [0, 0.1) is 0 Å². The first kappa shape index (κ1) is 14.8. The van der Waals surface area contributed by atoms with Crippen LogP contribution >= 0.6 is 0 Å². The van der Waals surface area contributed by atoms with Gasteiger partial charge in [-0.2, -0.15) is 0 Å². The van der Waals surface area contributed by atoms with Crippen LogP contribution in [0.1, 0.15) is 12.5 Å². The van der Waals surface area contributed by atoms with E-state index in [1.54, 1.807) is 7.11 Å². The van der Waals surface area contributed by atoms with Crippen LogP contribution in [0.15, 0.2) is 24.3 Å². The van der Waals surface area contributed by atoms with Gasteiger partial charge in [0.25, 0.3) is 0 Å². The molecule has 1 unspecified atom stereocenters. The molecule has 1 fully saturated rings. The Hall–Kier alpha value is -1.59. The zero-order chi connectivity index (χ0) is 14.4. The van der Waals surface area contributed by atoms with Crippen LogP contribution in [0.3, 0.4) is 0 Å². The highest BCUT2D eigenvalue weighted by atomic mass is 16.5. The molecule has 0 aromatic heterocycles. The zero-order valence-corrected chi connectivity index (χ0v) is 12.0. The van der Waals surface area contributed by atoms with Gasteiger partial charge in [0.05, 0.1) is 20.3 Å². The van der Waals surface area contributed by atoms with Crippen molar-refractivity contribution in [3.63, 3.8) is 0 Å².